The van der Waals surface area contributed by atoms with E-state index in [0.29, 0.717) is 31.8 Å². The first-order valence-corrected chi connectivity index (χ1v) is 22.5. The monoisotopic (exact) mass is 870 g/mol. The average Bonchev–Trinajstić information content (AvgIpc) is 4.10. The van der Waals surface area contributed by atoms with Crippen LogP contribution in [-0.4, -0.2) is 107 Å². The number of thiophene rings is 2. The van der Waals surface area contributed by atoms with Gasteiger partial charge < -0.3 is 35.0 Å². The van der Waals surface area contributed by atoms with E-state index >= 15 is 0 Å². The van der Waals surface area contributed by atoms with E-state index in [1.807, 2.05) is 30.6 Å². The number of nitrogens with one attached hydrogen (secondary N) is 2. The highest BCUT2D eigenvalue weighted by atomic mass is 32.1. The van der Waals surface area contributed by atoms with Crippen LogP contribution in [0, 0.1) is 11.8 Å². The Labute approximate surface area is 366 Å². The Morgan fingerprint density at radius 1 is 0.710 bits per heavy atom. The molecule has 1 saturated heterocycles. The van der Waals surface area contributed by atoms with Crippen LogP contribution in [0.4, 0.5) is 23.0 Å². The van der Waals surface area contributed by atoms with Crippen LogP contribution in [0.15, 0.2) is 46.9 Å². The van der Waals surface area contributed by atoms with Crippen molar-refractivity contribution in [2.45, 2.75) is 51.6 Å². The number of likely N-dealkylation sites (N-methyl/N-ethyl adjacent to an activating group) is 1. The molecule has 318 valence electrons. The third kappa shape index (κ3) is 7.51. The molecule has 0 radical (unpaired) electrons. The number of rotatable bonds is 8. The molecule has 3 aliphatic heterocycles. The number of ether oxygens (including phenoxy) is 2. The normalized spacial score (nSPS) is 18.7. The molecule has 2 aliphatic carbocycles. The second-order valence-corrected chi connectivity index (χ2v) is 18.5. The van der Waals surface area contributed by atoms with Gasteiger partial charge in [0.1, 0.15) is 45.5 Å². The molecule has 1 amide bonds. The van der Waals surface area contributed by atoms with Crippen molar-refractivity contribution >= 4 is 90.4 Å². The van der Waals surface area contributed by atoms with Gasteiger partial charge in [0.05, 0.1) is 55.4 Å². The number of fused-ring (bicyclic) bond motifs is 8. The molecule has 15 nitrogen and oxygen atoms in total. The van der Waals surface area contributed by atoms with Gasteiger partial charge in [0, 0.05) is 54.3 Å². The van der Waals surface area contributed by atoms with Gasteiger partial charge in [-0.1, -0.05) is 0 Å². The van der Waals surface area contributed by atoms with Gasteiger partial charge in [0.2, 0.25) is 5.91 Å². The van der Waals surface area contributed by atoms with Gasteiger partial charge in [-0.2, -0.15) is 0 Å². The number of aromatic nitrogens is 4. The number of hydrogen-bond donors (Lipinski definition) is 3. The van der Waals surface area contributed by atoms with Crippen molar-refractivity contribution in [2.75, 3.05) is 58.1 Å². The Hall–Kier alpha value is -6.04. The number of carbonyl (C=O) groups excluding carboxylic acids is 1. The van der Waals surface area contributed by atoms with E-state index in [1.54, 1.807) is 49.5 Å². The number of aliphatic carboxylic acids is 1. The van der Waals surface area contributed by atoms with Crippen LogP contribution in [0.25, 0.3) is 20.4 Å². The maximum Gasteiger partial charge on any atom is 0.306 e. The smallest absolute Gasteiger partial charge is 0.306 e. The summed E-state index contributed by atoms with van der Waals surface area (Å²) in [6.07, 6.45) is 11.4. The molecule has 6 aromatic rings. The third-order valence-electron chi connectivity index (χ3n) is 12.6. The number of methoxy groups -OCH3 is 2. The number of nitrogens with zero attached hydrogens (tertiary/aromatic N) is 8. The lowest BCUT2D eigenvalue weighted by atomic mass is 9.86. The lowest BCUT2D eigenvalue weighted by molar-refractivity contribution is -0.142. The number of hydrogen-bond acceptors (Lipinski definition) is 15. The fourth-order valence-electron chi connectivity index (χ4n) is 9.18. The van der Waals surface area contributed by atoms with E-state index in [1.165, 1.54) is 21.6 Å². The first-order valence-electron chi connectivity index (χ1n) is 20.9. The maximum absolute atomic E-state index is 13.2. The quantitative estimate of drug-likeness (QED) is 0.146. The fourth-order valence-corrected chi connectivity index (χ4v) is 11.7. The molecule has 5 aliphatic rings. The SMILES string of the molecule is COc1cc2c(cc1Nc1ncnc3sc4c(c13)CC[C@H](C(=O)N1CCN(C)CC1)C4)C=NC2.COc1cc2c(cc1Nc1ncnc3sc4c(c13)CC[C@H](C(=O)O)C4)C=NC2. The zero-order valence-electron chi connectivity index (χ0n) is 34.7. The van der Waals surface area contributed by atoms with Crippen molar-refractivity contribution in [1.82, 2.24) is 29.7 Å². The van der Waals surface area contributed by atoms with Crippen molar-refractivity contribution in [3.63, 3.8) is 0 Å². The highest BCUT2D eigenvalue weighted by Gasteiger charge is 2.33. The van der Waals surface area contributed by atoms with Crippen molar-refractivity contribution in [3.8, 4) is 11.5 Å². The Balaban J connectivity index is 0.000000151. The number of carboxylic acids is 1. The van der Waals surface area contributed by atoms with E-state index < -0.39 is 5.97 Å². The Kier molecular flexibility index (Phi) is 10.8. The molecule has 17 heteroatoms. The second-order valence-electron chi connectivity index (χ2n) is 16.4. The molecule has 0 unspecified atom stereocenters. The third-order valence-corrected chi connectivity index (χ3v) is 14.9. The van der Waals surface area contributed by atoms with E-state index in [2.05, 4.69) is 63.5 Å². The molecule has 7 heterocycles. The summed E-state index contributed by atoms with van der Waals surface area (Å²) in [6, 6.07) is 8.14. The van der Waals surface area contributed by atoms with E-state index in [9.17, 15) is 14.7 Å². The predicted molar refractivity (Wildman–Crippen MR) is 243 cm³/mol. The van der Waals surface area contributed by atoms with Crippen molar-refractivity contribution < 1.29 is 24.2 Å². The van der Waals surface area contributed by atoms with Gasteiger partial charge >= 0.3 is 5.97 Å². The maximum atomic E-state index is 13.2. The summed E-state index contributed by atoms with van der Waals surface area (Å²) < 4.78 is 11.2. The molecular formula is C45H46N10O5S2. The summed E-state index contributed by atoms with van der Waals surface area (Å²) in [5, 5.41) is 18.4. The van der Waals surface area contributed by atoms with Gasteiger partial charge in [-0.15, -0.1) is 22.7 Å². The number of carboxylic acid groups (broad SMARTS) is 1. The first kappa shape index (κ1) is 40.1. The Morgan fingerprint density at radius 3 is 1.71 bits per heavy atom. The highest BCUT2D eigenvalue weighted by molar-refractivity contribution is 7.19. The molecule has 11 rings (SSSR count). The topological polar surface area (TPSA) is 180 Å². The van der Waals surface area contributed by atoms with E-state index in [4.69, 9.17) is 9.47 Å². The van der Waals surface area contributed by atoms with Crippen LogP contribution >= 0.6 is 22.7 Å². The molecule has 0 saturated carbocycles. The Morgan fingerprint density at radius 2 is 1.21 bits per heavy atom. The molecule has 0 bridgehead atoms. The zero-order chi connectivity index (χ0) is 42.5. The Bertz CT molecular complexity index is 2810. The second kappa shape index (κ2) is 16.7. The number of amides is 1. The lowest BCUT2D eigenvalue weighted by Gasteiger charge is -2.35. The zero-order valence-corrected chi connectivity index (χ0v) is 36.4. The summed E-state index contributed by atoms with van der Waals surface area (Å²) in [5.41, 5.74) is 8.63. The van der Waals surface area contributed by atoms with Crippen LogP contribution < -0.4 is 20.1 Å². The molecule has 1 fully saturated rings. The number of aliphatic imine (C=N–C) groups is 2. The minimum atomic E-state index is -0.725. The van der Waals surface area contributed by atoms with Gasteiger partial charge in [0.25, 0.3) is 0 Å². The number of benzene rings is 2. The summed E-state index contributed by atoms with van der Waals surface area (Å²) in [5.74, 6) is 2.36. The molecule has 3 N–H and O–H groups in total. The van der Waals surface area contributed by atoms with Crippen molar-refractivity contribution in [3.05, 3.63) is 80.1 Å². The van der Waals surface area contributed by atoms with E-state index in [0.717, 1.165) is 128 Å². The number of piperazine rings is 1. The number of anilines is 4. The van der Waals surface area contributed by atoms with Crippen LogP contribution in [0.1, 0.15) is 56.0 Å². The average molecular weight is 871 g/mol. The molecule has 0 spiro atoms. The lowest BCUT2D eigenvalue weighted by Crippen LogP contribution is -2.49. The molecule has 62 heavy (non-hydrogen) atoms. The summed E-state index contributed by atoms with van der Waals surface area (Å²) in [6.45, 7) is 4.93. The first-order chi connectivity index (χ1) is 30.2. The molecule has 2 aromatic carbocycles. The van der Waals surface area contributed by atoms with Crippen molar-refractivity contribution in [1.29, 1.82) is 0 Å². The van der Waals surface area contributed by atoms with Gasteiger partial charge in [0.15, 0.2) is 0 Å². The highest BCUT2D eigenvalue weighted by Crippen LogP contribution is 2.44. The predicted octanol–water partition coefficient (Wildman–Crippen LogP) is 6.82. The van der Waals surface area contributed by atoms with Crippen molar-refractivity contribution in [2.24, 2.45) is 21.8 Å². The summed E-state index contributed by atoms with van der Waals surface area (Å²) >= 11 is 3.27. The molecular weight excluding hydrogens is 825 g/mol. The van der Waals surface area contributed by atoms with Crippen LogP contribution in [0.3, 0.4) is 0 Å². The van der Waals surface area contributed by atoms with Gasteiger partial charge in [-0.05, 0) is 103 Å². The molecule has 2 atom stereocenters. The summed E-state index contributed by atoms with van der Waals surface area (Å²) in [7, 11) is 5.45. The summed E-state index contributed by atoms with van der Waals surface area (Å²) in [4.78, 5) is 59.9. The van der Waals surface area contributed by atoms with Gasteiger partial charge in [-0.3, -0.25) is 19.6 Å². The number of carbonyl (C=O) groups is 2. The minimum absolute atomic E-state index is 0.0597. The van der Waals surface area contributed by atoms with Crippen LogP contribution in [0.5, 0.6) is 11.5 Å². The van der Waals surface area contributed by atoms with E-state index in [-0.39, 0.29) is 11.8 Å². The fraction of sp³-hybridized carbons (Fsp3) is 0.378. The minimum Gasteiger partial charge on any atom is -0.495 e. The number of aryl methyl sites for hydroxylation is 2. The van der Waals surface area contributed by atoms with Gasteiger partial charge in [-0.25, -0.2) is 19.9 Å². The van der Waals surface area contributed by atoms with Crippen LogP contribution in [-0.2, 0) is 48.4 Å². The van der Waals surface area contributed by atoms with Crippen LogP contribution in [0.2, 0.25) is 0 Å². The molecule has 4 aromatic heterocycles. The standard InChI is InChI=1S/C25H28N6O2S.C20H18N4O3S/c1-30-5-7-31(8-6-30)25(32)15-3-4-18-21(11-15)34-24-22(18)23(27-14-28-24)29-19-9-16-12-26-13-17(16)10-20(19)33-2;1-27-15-5-12-8-21-7-11(12)4-14(15)24-18-17-13-3-2-10(20(25)26)6-16(13)28-19(17)23-9-22-18/h9-10,12,14-15H,3-8,11,13H2,1-2H3,(H,27,28,29);4-5,7,9-10H,2-3,6,8H2,1H3,(H,25,26)(H,22,23,24)/t15-;10-/m00/s1. The largest absolute Gasteiger partial charge is 0.495 e.